The summed E-state index contributed by atoms with van der Waals surface area (Å²) in [6, 6.07) is 7.71. The Bertz CT molecular complexity index is 562. The van der Waals surface area contributed by atoms with Crippen LogP contribution >= 0.6 is 11.6 Å². The maximum Gasteiger partial charge on any atom is 0.161 e. The summed E-state index contributed by atoms with van der Waals surface area (Å²) in [6.07, 6.45) is 1.68. The molecule has 1 aliphatic heterocycles. The van der Waals surface area contributed by atoms with E-state index in [1.165, 1.54) is 0 Å². The largest absolute Gasteiger partial charge is 0.486 e. The van der Waals surface area contributed by atoms with Crippen molar-refractivity contribution < 1.29 is 13.9 Å². The summed E-state index contributed by atoms with van der Waals surface area (Å²) in [5.41, 5.74) is 1.92. The van der Waals surface area contributed by atoms with E-state index in [0.717, 1.165) is 28.4 Å². The molecule has 18 heavy (non-hydrogen) atoms. The molecule has 0 aliphatic carbocycles. The van der Waals surface area contributed by atoms with E-state index < -0.39 is 0 Å². The van der Waals surface area contributed by atoms with Gasteiger partial charge < -0.3 is 13.9 Å². The fourth-order valence-electron chi connectivity index (χ4n) is 2.01. The molecule has 3 nitrogen and oxygen atoms in total. The molecule has 2 heterocycles. The van der Waals surface area contributed by atoms with Crippen molar-refractivity contribution in [1.29, 1.82) is 0 Å². The van der Waals surface area contributed by atoms with E-state index in [-0.39, 0.29) is 5.38 Å². The lowest BCUT2D eigenvalue weighted by Gasteiger charge is -2.19. The van der Waals surface area contributed by atoms with Crippen LogP contribution in [0.2, 0.25) is 0 Å². The van der Waals surface area contributed by atoms with Crippen LogP contribution in [-0.2, 0) is 0 Å². The molecular weight excluding hydrogens is 252 g/mol. The van der Waals surface area contributed by atoms with E-state index in [4.69, 9.17) is 25.5 Å². The van der Waals surface area contributed by atoms with Crippen LogP contribution in [0.1, 0.15) is 22.3 Å². The molecule has 2 aromatic rings. The standard InChI is InChI=1S/C14H13ClO3/c1-9-6-11(8-18-9)14(15)10-2-3-12-13(7-10)17-5-4-16-12/h2-3,6-8,14H,4-5H2,1H3. The van der Waals surface area contributed by atoms with Gasteiger partial charge in [-0.15, -0.1) is 11.6 Å². The average molecular weight is 265 g/mol. The highest BCUT2D eigenvalue weighted by Crippen LogP contribution is 2.37. The number of hydrogen-bond acceptors (Lipinski definition) is 3. The molecule has 3 rings (SSSR count). The maximum absolute atomic E-state index is 6.43. The van der Waals surface area contributed by atoms with Gasteiger partial charge in [-0.25, -0.2) is 0 Å². The van der Waals surface area contributed by atoms with Crippen LogP contribution in [0.25, 0.3) is 0 Å². The zero-order valence-electron chi connectivity index (χ0n) is 9.98. The van der Waals surface area contributed by atoms with Gasteiger partial charge in [0.05, 0.1) is 11.6 Å². The fourth-order valence-corrected chi connectivity index (χ4v) is 2.26. The molecular formula is C14H13ClO3. The molecule has 1 unspecified atom stereocenters. The Kier molecular flexibility index (Phi) is 2.92. The lowest BCUT2D eigenvalue weighted by atomic mass is 10.1. The minimum Gasteiger partial charge on any atom is -0.486 e. The number of benzene rings is 1. The van der Waals surface area contributed by atoms with E-state index in [2.05, 4.69) is 0 Å². The molecule has 0 amide bonds. The van der Waals surface area contributed by atoms with E-state index in [9.17, 15) is 0 Å². The van der Waals surface area contributed by atoms with Gasteiger partial charge >= 0.3 is 0 Å². The number of fused-ring (bicyclic) bond motifs is 1. The first-order valence-electron chi connectivity index (χ1n) is 5.83. The molecule has 1 aromatic carbocycles. The van der Waals surface area contributed by atoms with Crippen LogP contribution < -0.4 is 9.47 Å². The Morgan fingerprint density at radius 3 is 2.56 bits per heavy atom. The normalized spacial score (nSPS) is 15.4. The minimum absolute atomic E-state index is 0.238. The second-order valence-corrected chi connectivity index (χ2v) is 4.69. The number of rotatable bonds is 2. The predicted molar refractivity (Wildman–Crippen MR) is 68.6 cm³/mol. The van der Waals surface area contributed by atoms with Crippen LogP contribution in [0.15, 0.2) is 34.9 Å². The van der Waals surface area contributed by atoms with E-state index in [1.807, 2.05) is 31.2 Å². The predicted octanol–water partition coefficient (Wildman–Crippen LogP) is 3.69. The summed E-state index contributed by atoms with van der Waals surface area (Å²) < 4.78 is 16.3. The summed E-state index contributed by atoms with van der Waals surface area (Å²) in [5.74, 6) is 2.38. The SMILES string of the molecule is Cc1cc(C(Cl)c2ccc3c(c2)OCCO3)co1. The van der Waals surface area contributed by atoms with Crippen molar-refractivity contribution in [2.24, 2.45) is 0 Å². The Balaban J connectivity index is 1.92. The lowest BCUT2D eigenvalue weighted by Crippen LogP contribution is -2.15. The highest BCUT2D eigenvalue weighted by atomic mass is 35.5. The summed E-state index contributed by atoms with van der Waals surface area (Å²) in [7, 11) is 0. The van der Waals surface area contributed by atoms with Crippen LogP contribution in [-0.4, -0.2) is 13.2 Å². The summed E-state index contributed by atoms with van der Waals surface area (Å²) >= 11 is 6.43. The third-order valence-electron chi connectivity index (χ3n) is 2.90. The van der Waals surface area contributed by atoms with Gasteiger partial charge in [-0.05, 0) is 30.7 Å². The van der Waals surface area contributed by atoms with Gasteiger partial charge in [0.25, 0.3) is 0 Å². The summed E-state index contributed by atoms with van der Waals surface area (Å²) in [5, 5.41) is -0.238. The smallest absolute Gasteiger partial charge is 0.161 e. The van der Waals surface area contributed by atoms with Crippen LogP contribution in [0.4, 0.5) is 0 Å². The van der Waals surface area contributed by atoms with Crippen molar-refractivity contribution in [3.63, 3.8) is 0 Å². The van der Waals surface area contributed by atoms with Crippen molar-refractivity contribution in [3.8, 4) is 11.5 Å². The number of aryl methyl sites for hydroxylation is 1. The summed E-state index contributed by atoms with van der Waals surface area (Å²) in [4.78, 5) is 0. The van der Waals surface area contributed by atoms with Crippen LogP contribution in [0.5, 0.6) is 11.5 Å². The molecule has 0 saturated carbocycles. The first kappa shape index (κ1) is 11.5. The lowest BCUT2D eigenvalue weighted by molar-refractivity contribution is 0.171. The Morgan fingerprint density at radius 2 is 1.83 bits per heavy atom. The second-order valence-electron chi connectivity index (χ2n) is 4.26. The monoisotopic (exact) mass is 264 g/mol. The quantitative estimate of drug-likeness (QED) is 0.776. The molecule has 0 fully saturated rings. The van der Waals surface area contributed by atoms with Crippen LogP contribution in [0.3, 0.4) is 0 Å². The molecule has 94 valence electrons. The molecule has 0 N–H and O–H groups in total. The van der Waals surface area contributed by atoms with Gasteiger partial charge in [0.1, 0.15) is 19.0 Å². The molecule has 4 heteroatoms. The number of furan rings is 1. The zero-order valence-corrected chi connectivity index (χ0v) is 10.7. The molecule has 1 aromatic heterocycles. The van der Waals surface area contributed by atoms with Crippen LogP contribution in [0, 0.1) is 6.92 Å². The van der Waals surface area contributed by atoms with Crippen molar-refractivity contribution >= 4 is 11.6 Å². The Morgan fingerprint density at radius 1 is 1.06 bits per heavy atom. The molecule has 1 aliphatic rings. The van der Waals surface area contributed by atoms with Crippen molar-refractivity contribution in [2.45, 2.75) is 12.3 Å². The minimum atomic E-state index is -0.238. The van der Waals surface area contributed by atoms with Gasteiger partial charge in [-0.3, -0.25) is 0 Å². The number of hydrogen-bond donors (Lipinski definition) is 0. The molecule has 0 saturated heterocycles. The van der Waals surface area contributed by atoms with Gasteiger partial charge in [0, 0.05) is 5.56 Å². The Hall–Kier alpha value is -1.61. The number of alkyl halides is 1. The van der Waals surface area contributed by atoms with E-state index in [1.54, 1.807) is 6.26 Å². The van der Waals surface area contributed by atoms with Crippen molar-refractivity contribution in [3.05, 3.63) is 47.4 Å². The zero-order chi connectivity index (χ0) is 12.5. The maximum atomic E-state index is 6.43. The summed E-state index contributed by atoms with van der Waals surface area (Å²) in [6.45, 7) is 3.07. The molecule has 1 atom stereocenters. The molecule has 0 radical (unpaired) electrons. The van der Waals surface area contributed by atoms with Gasteiger partial charge in [-0.2, -0.15) is 0 Å². The highest BCUT2D eigenvalue weighted by molar-refractivity contribution is 6.22. The van der Waals surface area contributed by atoms with E-state index in [0.29, 0.717) is 13.2 Å². The number of halogens is 1. The highest BCUT2D eigenvalue weighted by Gasteiger charge is 2.17. The third kappa shape index (κ3) is 2.06. The fraction of sp³-hybridized carbons (Fsp3) is 0.286. The Labute approximate surface area is 110 Å². The molecule has 0 bridgehead atoms. The van der Waals surface area contributed by atoms with Crippen molar-refractivity contribution in [1.82, 2.24) is 0 Å². The third-order valence-corrected chi connectivity index (χ3v) is 3.41. The van der Waals surface area contributed by atoms with Gasteiger partial charge in [0.15, 0.2) is 11.5 Å². The van der Waals surface area contributed by atoms with E-state index >= 15 is 0 Å². The first-order chi connectivity index (χ1) is 8.74. The first-order valence-corrected chi connectivity index (χ1v) is 6.26. The van der Waals surface area contributed by atoms with Crippen molar-refractivity contribution in [2.75, 3.05) is 13.2 Å². The topological polar surface area (TPSA) is 31.6 Å². The number of ether oxygens (including phenoxy) is 2. The average Bonchev–Trinajstić information content (AvgIpc) is 2.84. The van der Waals surface area contributed by atoms with Gasteiger partial charge in [-0.1, -0.05) is 6.07 Å². The van der Waals surface area contributed by atoms with Gasteiger partial charge in [0.2, 0.25) is 0 Å². The second kappa shape index (κ2) is 4.58. The molecule has 0 spiro atoms.